The summed E-state index contributed by atoms with van der Waals surface area (Å²) in [5.74, 6) is 1.44. The first-order chi connectivity index (χ1) is 12.6. The smallest absolute Gasteiger partial charge is 0.217 e. The Morgan fingerprint density at radius 1 is 1.08 bits per heavy atom. The number of allylic oxidation sites excluding steroid dienone is 2. The predicted octanol–water partition coefficient (Wildman–Crippen LogP) is 4.85. The fraction of sp³-hybridized carbons (Fsp3) is 0.818. The number of hydrogen-bond acceptors (Lipinski definition) is 2. The molecule has 1 rings (SSSR count). The summed E-state index contributed by atoms with van der Waals surface area (Å²) < 4.78 is 0.992. The molecule has 4 heteroatoms. The van der Waals surface area contributed by atoms with Crippen molar-refractivity contribution in [3.63, 3.8) is 0 Å². The van der Waals surface area contributed by atoms with E-state index in [0.29, 0.717) is 0 Å². The monoisotopic (exact) mass is 364 g/mol. The number of carbonyl (C=O) groups excluding carboxylic acids is 1. The lowest BCUT2D eigenvalue weighted by molar-refractivity contribution is -0.833. The molecule has 0 saturated carbocycles. The van der Waals surface area contributed by atoms with E-state index in [1.807, 2.05) is 0 Å². The molecule has 0 aromatic carbocycles. The molecule has 1 atom stereocenters. The van der Waals surface area contributed by atoms with Gasteiger partial charge in [-0.3, -0.25) is 9.28 Å². The van der Waals surface area contributed by atoms with Crippen LogP contribution in [0.5, 0.6) is 0 Å². The minimum Gasteiger partial charge on any atom is -0.351 e. The van der Waals surface area contributed by atoms with Gasteiger partial charge < -0.3 is 5.32 Å². The molecule has 1 aliphatic rings. The number of unbranched alkanes of at least 4 members (excludes halogenated alkanes) is 7. The highest BCUT2D eigenvalue weighted by molar-refractivity contribution is 5.77. The van der Waals surface area contributed by atoms with E-state index in [2.05, 4.69) is 31.3 Å². The minimum absolute atomic E-state index is 0.0679. The highest BCUT2D eigenvalue weighted by atomic mass is 16.1. The standard InChI is InChI=1S/C22H41N3O/c1-4-6-7-8-9-10-11-12-13-14-15-16-22-24-18-20-25(22,5-2)19-17-23-21(3)26/h6-7H,4-5,8-20H2,1-3H3/p+1/b7-6+. The Morgan fingerprint density at radius 3 is 2.42 bits per heavy atom. The first-order valence-corrected chi connectivity index (χ1v) is 10.9. The van der Waals surface area contributed by atoms with E-state index in [4.69, 9.17) is 4.99 Å². The number of nitrogens with zero attached hydrogens (tertiary/aromatic N) is 2. The molecule has 0 aliphatic carbocycles. The molecule has 4 nitrogen and oxygen atoms in total. The van der Waals surface area contributed by atoms with Gasteiger partial charge in [0, 0.05) is 13.3 Å². The minimum atomic E-state index is 0.0679. The molecule has 1 amide bonds. The first-order valence-electron chi connectivity index (χ1n) is 10.9. The van der Waals surface area contributed by atoms with E-state index in [9.17, 15) is 4.79 Å². The zero-order valence-electron chi connectivity index (χ0n) is 17.6. The predicted molar refractivity (Wildman–Crippen MR) is 113 cm³/mol. The third kappa shape index (κ3) is 8.98. The van der Waals surface area contributed by atoms with Gasteiger partial charge in [-0.2, -0.15) is 0 Å². The number of nitrogens with one attached hydrogen (secondary N) is 1. The highest BCUT2D eigenvalue weighted by Crippen LogP contribution is 2.20. The van der Waals surface area contributed by atoms with Gasteiger partial charge >= 0.3 is 0 Å². The molecule has 1 aliphatic heterocycles. The van der Waals surface area contributed by atoms with Crippen LogP contribution >= 0.6 is 0 Å². The van der Waals surface area contributed by atoms with Crippen molar-refractivity contribution in [1.82, 2.24) is 5.32 Å². The summed E-state index contributed by atoms with van der Waals surface area (Å²) in [5.41, 5.74) is 0. The molecule has 0 radical (unpaired) electrons. The van der Waals surface area contributed by atoms with Crippen molar-refractivity contribution in [3.05, 3.63) is 12.2 Å². The lowest BCUT2D eigenvalue weighted by Crippen LogP contribution is -2.54. The number of rotatable bonds is 15. The molecular weight excluding hydrogens is 322 g/mol. The molecule has 0 bridgehead atoms. The van der Waals surface area contributed by atoms with Crippen molar-refractivity contribution in [2.24, 2.45) is 4.99 Å². The van der Waals surface area contributed by atoms with Gasteiger partial charge in [-0.25, -0.2) is 4.99 Å². The number of quaternary nitrogens is 1. The van der Waals surface area contributed by atoms with E-state index in [1.165, 1.54) is 57.2 Å². The number of likely N-dealkylation sites (N-methyl/N-ethyl adjacent to an activating group) is 1. The van der Waals surface area contributed by atoms with E-state index in [0.717, 1.165) is 50.0 Å². The SMILES string of the molecule is CC/C=C/CCCCCCCCCC1=NCC[N+]1(CC)CCNC(C)=O. The molecule has 0 fully saturated rings. The van der Waals surface area contributed by atoms with Crippen LogP contribution in [0.1, 0.15) is 85.0 Å². The van der Waals surface area contributed by atoms with Crippen LogP contribution in [0.15, 0.2) is 17.1 Å². The van der Waals surface area contributed by atoms with Crippen LogP contribution in [-0.4, -0.2) is 48.9 Å². The molecular formula is C22H42N3O+. The second-order valence-electron chi connectivity index (χ2n) is 7.58. The lowest BCUT2D eigenvalue weighted by atomic mass is 10.1. The summed E-state index contributed by atoms with van der Waals surface area (Å²) >= 11 is 0. The van der Waals surface area contributed by atoms with Crippen LogP contribution in [0.3, 0.4) is 0 Å². The summed E-state index contributed by atoms with van der Waals surface area (Å²) in [4.78, 5) is 15.9. The average Bonchev–Trinajstić information content (AvgIpc) is 3.02. The number of carbonyl (C=O) groups is 1. The number of aliphatic imine (C=N–C) groups is 1. The van der Waals surface area contributed by atoms with Gasteiger partial charge in [0.05, 0.1) is 19.6 Å². The maximum absolute atomic E-state index is 11.1. The molecule has 0 saturated heterocycles. The average molecular weight is 365 g/mol. The van der Waals surface area contributed by atoms with Crippen molar-refractivity contribution < 1.29 is 9.28 Å². The Balaban J connectivity index is 2.13. The maximum atomic E-state index is 11.1. The highest BCUT2D eigenvalue weighted by Gasteiger charge is 2.35. The van der Waals surface area contributed by atoms with Crippen LogP contribution in [0.2, 0.25) is 0 Å². The van der Waals surface area contributed by atoms with Gasteiger partial charge in [0.2, 0.25) is 5.91 Å². The Hall–Kier alpha value is -1.16. The lowest BCUT2D eigenvalue weighted by Gasteiger charge is -2.33. The number of amidine groups is 1. The summed E-state index contributed by atoms with van der Waals surface area (Å²) in [6, 6.07) is 0. The molecule has 0 aromatic rings. The number of amides is 1. The Labute approximate surface area is 161 Å². The van der Waals surface area contributed by atoms with Crippen LogP contribution in [0, 0.1) is 0 Å². The maximum Gasteiger partial charge on any atom is 0.217 e. The van der Waals surface area contributed by atoms with Crippen LogP contribution in [-0.2, 0) is 4.79 Å². The molecule has 150 valence electrons. The van der Waals surface area contributed by atoms with Gasteiger partial charge in [0.15, 0.2) is 5.84 Å². The molecule has 1 unspecified atom stereocenters. The van der Waals surface area contributed by atoms with Gasteiger partial charge in [0.25, 0.3) is 0 Å². The second kappa shape index (κ2) is 14.0. The molecule has 26 heavy (non-hydrogen) atoms. The normalized spacial score (nSPS) is 19.9. The van der Waals surface area contributed by atoms with Crippen LogP contribution in [0.25, 0.3) is 0 Å². The van der Waals surface area contributed by atoms with Gasteiger partial charge in [-0.15, -0.1) is 0 Å². The van der Waals surface area contributed by atoms with Gasteiger partial charge in [0.1, 0.15) is 13.1 Å². The van der Waals surface area contributed by atoms with Crippen molar-refractivity contribution in [1.29, 1.82) is 0 Å². The third-order valence-corrected chi connectivity index (χ3v) is 5.56. The van der Waals surface area contributed by atoms with E-state index >= 15 is 0 Å². The zero-order valence-corrected chi connectivity index (χ0v) is 17.6. The van der Waals surface area contributed by atoms with Crippen molar-refractivity contribution in [3.8, 4) is 0 Å². The van der Waals surface area contributed by atoms with Crippen molar-refractivity contribution >= 4 is 11.7 Å². The fourth-order valence-corrected chi connectivity index (χ4v) is 3.87. The Kier molecular flexibility index (Phi) is 12.3. The quantitative estimate of drug-likeness (QED) is 0.252. The topological polar surface area (TPSA) is 41.5 Å². The molecule has 0 aromatic heterocycles. The molecule has 0 spiro atoms. The van der Waals surface area contributed by atoms with Crippen LogP contribution in [0.4, 0.5) is 0 Å². The summed E-state index contributed by atoms with van der Waals surface area (Å²) in [6.45, 7) is 10.9. The number of hydrogen-bond donors (Lipinski definition) is 1. The summed E-state index contributed by atoms with van der Waals surface area (Å²) in [5, 5.41) is 2.95. The van der Waals surface area contributed by atoms with E-state index < -0.39 is 0 Å². The summed E-state index contributed by atoms with van der Waals surface area (Å²) in [7, 11) is 0. The fourth-order valence-electron chi connectivity index (χ4n) is 3.87. The van der Waals surface area contributed by atoms with Gasteiger partial charge in [-0.1, -0.05) is 51.2 Å². The Morgan fingerprint density at radius 2 is 1.77 bits per heavy atom. The molecule has 1 heterocycles. The van der Waals surface area contributed by atoms with Crippen LogP contribution < -0.4 is 5.32 Å². The van der Waals surface area contributed by atoms with E-state index in [-0.39, 0.29) is 5.91 Å². The first kappa shape index (κ1) is 22.9. The third-order valence-electron chi connectivity index (χ3n) is 5.56. The molecule has 1 N–H and O–H groups in total. The summed E-state index contributed by atoms with van der Waals surface area (Å²) in [6.07, 6.45) is 17.6. The zero-order chi connectivity index (χ0) is 19.1. The van der Waals surface area contributed by atoms with Crippen molar-refractivity contribution in [2.75, 3.05) is 32.7 Å². The largest absolute Gasteiger partial charge is 0.351 e. The second-order valence-corrected chi connectivity index (χ2v) is 7.58. The van der Waals surface area contributed by atoms with Crippen molar-refractivity contribution in [2.45, 2.75) is 85.0 Å². The van der Waals surface area contributed by atoms with Gasteiger partial charge in [-0.05, 0) is 32.6 Å². The van der Waals surface area contributed by atoms with E-state index in [1.54, 1.807) is 6.92 Å². The Bertz CT molecular complexity index is 445.